The highest BCUT2D eigenvalue weighted by Gasteiger charge is 2.18. The molecule has 0 aliphatic carbocycles. The number of pyridine rings is 1. The Morgan fingerprint density at radius 3 is 3.00 bits per heavy atom. The predicted octanol–water partition coefficient (Wildman–Crippen LogP) is 1.30. The molecule has 1 aliphatic heterocycles. The van der Waals surface area contributed by atoms with Crippen LogP contribution in [0.4, 0.5) is 5.82 Å². The highest BCUT2D eigenvalue weighted by atomic mass is 35.5. The van der Waals surface area contributed by atoms with Crippen molar-refractivity contribution >= 4 is 18.2 Å². The van der Waals surface area contributed by atoms with Crippen molar-refractivity contribution in [1.82, 2.24) is 10.3 Å². The van der Waals surface area contributed by atoms with Crippen LogP contribution in [-0.4, -0.2) is 30.7 Å². The first kappa shape index (κ1) is 11.3. The second-order valence-corrected chi connectivity index (χ2v) is 3.43. The first-order chi connectivity index (χ1) is 6.38. The van der Waals surface area contributed by atoms with Gasteiger partial charge in [-0.05, 0) is 19.1 Å². The zero-order valence-corrected chi connectivity index (χ0v) is 9.13. The maximum atomic E-state index is 4.35. The van der Waals surface area contributed by atoms with E-state index in [0.717, 1.165) is 25.5 Å². The maximum Gasteiger partial charge on any atom is 0.128 e. The van der Waals surface area contributed by atoms with Crippen molar-refractivity contribution in [3.05, 3.63) is 24.4 Å². The molecule has 1 aromatic heterocycles. The van der Waals surface area contributed by atoms with E-state index in [1.807, 2.05) is 18.3 Å². The van der Waals surface area contributed by atoms with Crippen molar-refractivity contribution in [2.45, 2.75) is 13.0 Å². The van der Waals surface area contributed by atoms with Crippen LogP contribution in [0.1, 0.15) is 6.92 Å². The molecule has 3 nitrogen and oxygen atoms in total. The van der Waals surface area contributed by atoms with Crippen molar-refractivity contribution < 1.29 is 0 Å². The topological polar surface area (TPSA) is 28.2 Å². The van der Waals surface area contributed by atoms with Crippen molar-refractivity contribution in [1.29, 1.82) is 0 Å². The van der Waals surface area contributed by atoms with E-state index in [9.17, 15) is 0 Å². The summed E-state index contributed by atoms with van der Waals surface area (Å²) >= 11 is 0. The summed E-state index contributed by atoms with van der Waals surface area (Å²) in [7, 11) is 0. The van der Waals surface area contributed by atoms with Gasteiger partial charge in [0.25, 0.3) is 0 Å². The van der Waals surface area contributed by atoms with E-state index >= 15 is 0 Å². The van der Waals surface area contributed by atoms with Gasteiger partial charge in [0.1, 0.15) is 5.82 Å². The van der Waals surface area contributed by atoms with Gasteiger partial charge in [0, 0.05) is 31.9 Å². The molecule has 4 heteroatoms. The zero-order valence-electron chi connectivity index (χ0n) is 8.31. The lowest BCUT2D eigenvalue weighted by Crippen LogP contribution is -2.50. The fraction of sp³-hybridized carbons (Fsp3) is 0.500. The van der Waals surface area contributed by atoms with Gasteiger partial charge in [-0.1, -0.05) is 6.07 Å². The Balaban J connectivity index is 0.000000980. The summed E-state index contributed by atoms with van der Waals surface area (Å²) in [5, 5.41) is 3.36. The molecule has 1 atom stereocenters. The van der Waals surface area contributed by atoms with Crippen LogP contribution in [0.3, 0.4) is 0 Å². The number of nitrogens with zero attached hydrogens (tertiary/aromatic N) is 2. The summed E-state index contributed by atoms with van der Waals surface area (Å²) in [4.78, 5) is 6.69. The summed E-state index contributed by atoms with van der Waals surface area (Å²) in [6.07, 6.45) is 1.85. The van der Waals surface area contributed by atoms with Crippen LogP contribution < -0.4 is 10.2 Å². The molecule has 1 unspecified atom stereocenters. The first-order valence-corrected chi connectivity index (χ1v) is 4.76. The monoisotopic (exact) mass is 213 g/mol. The molecule has 0 bridgehead atoms. The zero-order chi connectivity index (χ0) is 9.10. The molecule has 0 amide bonds. The van der Waals surface area contributed by atoms with Gasteiger partial charge in [-0.25, -0.2) is 4.98 Å². The molecule has 0 spiro atoms. The second kappa shape index (κ2) is 5.17. The van der Waals surface area contributed by atoms with Gasteiger partial charge in [0.15, 0.2) is 0 Å². The van der Waals surface area contributed by atoms with E-state index in [-0.39, 0.29) is 12.4 Å². The lowest BCUT2D eigenvalue weighted by atomic mass is 10.2. The van der Waals surface area contributed by atoms with Crippen molar-refractivity contribution in [2.75, 3.05) is 24.5 Å². The molecule has 0 aromatic carbocycles. The van der Waals surface area contributed by atoms with Crippen LogP contribution in [0.15, 0.2) is 24.4 Å². The predicted molar refractivity (Wildman–Crippen MR) is 61.2 cm³/mol. The smallest absolute Gasteiger partial charge is 0.128 e. The highest BCUT2D eigenvalue weighted by molar-refractivity contribution is 5.85. The molecular weight excluding hydrogens is 198 g/mol. The largest absolute Gasteiger partial charge is 0.351 e. The SMILES string of the molecule is CC1CNCCN1c1ccccn1.Cl. The molecule has 1 aliphatic rings. The van der Waals surface area contributed by atoms with Crippen LogP contribution in [0.25, 0.3) is 0 Å². The molecule has 1 saturated heterocycles. The number of hydrogen-bond acceptors (Lipinski definition) is 3. The summed E-state index contributed by atoms with van der Waals surface area (Å²) in [6.45, 7) is 5.39. The molecule has 0 radical (unpaired) electrons. The molecular formula is C10H16ClN3. The third-order valence-corrected chi connectivity index (χ3v) is 2.44. The molecule has 78 valence electrons. The first-order valence-electron chi connectivity index (χ1n) is 4.76. The summed E-state index contributed by atoms with van der Waals surface area (Å²) in [6, 6.07) is 6.61. The Hall–Kier alpha value is -0.800. The molecule has 14 heavy (non-hydrogen) atoms. The standard InChI is InChI=1S/C10H15N3.ClH/c1-9-8-11-6-7-13(9)10-4-2-3-5-12-10;/h2-5,9,11H,6-8H2,1H3;1H. The number of piperazine rings is 1. The van der Waals surface area contributed by atoms with Gasteiger partial charge < -0.3 is 10.2 Å². The lowest BCUT2D eigenvalue weighted by Gasteiger charge is -2.34. The number of nitrogens with one attached hydrogen (secondary N) is 1. The van der Waals surface area contributed by atoms with E-state index < -0.39 is 0 Å². The average molecular weight is 214 g/mol. The van der Waals surface area contributed by atoms with E-state index in [1.165, 1.54) is 0 Å². The lowest BCUT2D eigenvalue weighted by molar-refractivity contribution is 0.497. The van der Waals surface area contributed by atoms with E-state index in [0.29, 0.717) is 6.04 Å². The summed E-state index contributed by atoms with van der Waals surface area (Å²) in [5.74, 6) is 1.09. The Kier molecular flexibility index (Phi) is 4.17. The number of hydrogen-bond donors (Lipinski definition) is 1. The fourth-order valence-electron chi connectivity index (χ4n) is 1.71. The van der Waals surface area contributed by atoms with Gasteiger partial charge in [0.05, 0.1) is 0 Å². The van der Waals surface area contributed by atoms with Crippen molar-refractivity contribution in [3.63, 3.8) is 0 Å². The quantitative estimate of drug-likeness (QED) is 0.763. The summed E-state index contributed by atoms with van der Waals surface area (Å²) in [5.41, 5.74) is 0. The number of aromatic nitrogens is 1. The van der Waals surface area contributed by atoms with E-state index in [4.69, 9.17) is 0 Å². The fourth-order valence-corrected chi connectivity index (χ4v) is 1.71. The molecule has 2 rings (SSSR count). The van der Waals surface area contributed by atoms with Gasteiger partial charge in [0.2, 0.25) is 0 Å². The van der Waals surface area contributed by atoms with Gasteiger partial charge in [-0.15, -0.1) is 12.4 Å². The Morgan fingerprint density at radius 2 is 2.36 bits per heavy atom. The molecule has 2 heterocycles. The maximum absolute atomic E-state index is 4.35. The number of halogens is 1. The van der Waals surface area contributed by atoms with Gasteiger partial charge in [-0.2, -0.15) is 0 Å². The van der Waals surface area contributed by atoms with E-state index in [1.54, 1.807) is 0 Å². The molecule has 1 fully saturated rings. The minimum atomic E-state index is 0. The Bertz CT molecular complexity index is 265. The van der Waals surface area contributed by atoms with Crippen molar-refractivity contribution in [3.8, 4) is 0 Å². The van der Waals surface area contributed by atoms with Crippen LogP contribution in [0.2, 0.25) is 0 Å². The molecule has 0 saturated carbocycles. The summed E-state index contributed by atoms with van der Waals surface area (Å²) < 4.78 is 0. The van der Waals surface area contributed by atoms with Crippen LogP contribution in [0.5, 0.6) is 0 Å². The normalized spacial score (nSPS) is 21.5. The minimum absolute atomic E-state index is 0. The number of anilines is 1. The average Bonchev–Trinajstić information content (AvgIpc) is 2.20. The van der Waals surface area contributed by atoms with Gasteiger partial charge in [-0.3, -0.25) is 0 Å². The van der Waals surface area contributed by atoms with Crippen LogP contribution >= 0.6 is 12.4 Å². The number of rotatable bonds is 1. The van der Waals surface area contributed by atoms with Gasteiger partial charge >= 0.3 is 0 Å². The third kappa shape index (κ3) is 2.36. The highest BCUT2D eigenvalue weighted by Crippen LogP contribution is 2.13. The van der Waals surface area contributed by atoms with E-state index in [2.05, 4.69) is 28.2 Å². The third-order valence-electron chi connectivity index (χ3n) is 2.44. The minimum Gasteiger partial charge on any atom is -0.351 e. The molecule has 1 N–H and O–H groups in total. The molecule has 1 aromatic rings. The van der Waals surface area contributed by atoms with Crippen molar-refractivity contribution in [2.24, 2.45) is 0 Å². The Labute approximate surface area is 90.9 Å². The van der Waals surface area contributed by atoms with Crippen LogP contribution in [-0.2, 0) is 0 Å². The Morgan fingerprint density at radius 1 is 1.50 bits per heavy atom. The second-order valence-electron chi connectivity index (χ2n) is 3.43. The van der Waals surface area contributed by atoms with Crippen LogP contribution in [0, 0.1) is 0 Å².